The molecule has 3 N–H and O–H groups in total. The van der Waals surface area contributed by atoms with Gasteiger partial charge in [-0.2, -0.15) is 0 Å². The predicted octanol–water partition coefficient (Wildman–Crippen LogP) is 3.02. The minimum Gasteiger partial charge on any atom is -0.350 e. The molecular formula is C16H26N2O. The van der Waals surface area contributed by atoms with E-state index in [0.29, 0.717) is 0 Å². The molecule has 0 radical (unpaired) electrons. The smallest absolute Gasteiger partial charge is 0.241 e. The molecule has 0 heterocycles. The third kappa shape index (κ3) is 5.43. The zero-order valence-corrected chi connectivity index (χ0v) is 12.7. The highest BCUT2D eigenvalue weighted by molar-refractivity contribution is 5.83. The number of nitrogens with two attached hydrogens (primary N) is 1. The van der Waals surface area contributed by atoms with E-state index in [0.717, 1.165) is 12.0 Å². The Labute approximate surface area is 116 Å². The third-order valence-electron chi connectivity index (χ3n) is 2.88. The molecule has 0 aliphatic rings. The Kier molecular flexibility index (Phi) is 4.75. The van der Waals surface area contributed by atoms with Gasteiger partial charge in [0.15, 0.2) is 0 Å². The number of nitrogens with one attached hydrogen (secondary N) is 1. The molecule has 106 valence electrons. The number of hydrogen-bond acceptors (Lipinski definition) is 2. The van der Waals surface area contributed by atoms with Crippen molar-refractivity contribution in [3.63, 3.8) is 0 Å². The Morgan fingerprint density at radius 3 is 2.16 bits per heavy atom. The van der Waals surface area contributed by atoms with Gasteiger partial charge in [0.05, 0.1) is 0 Å². The monoisotopic (exact) mass is 262 g/mol. The second kappa shape index (κ2) is 5.74. The van der Waals surface area contributed by atoms with Crippen molar-refractivity contribution in [2.45, 2.75) is 52.6 Å². The number of amides is 1. The first kappa shape index (κ1) is 15.7. The van der Waals surface area contributed by atoms with Crippen molar-refractivity contribution in [3.8, 4) is 0 Å². The summed E-state index contributed by atoms with van der Waals surface area (Å²) >= 11 is 0. The summed E-state index contributed by atoms with van der Waals surface area (Å²) in [4.78, 5) is 12.2. The molecule has 19 heavy (non-hydrogen) atoms. The lowest BCUT2D eigenvalue weighted by molar-refractivity contribution is -0.124. The SMILES string of the molecule is CC(C)(C)CC(C)(C)NC(=O)[C@@H](N)c1ccccc1. The first-order valence-corrected chi connectivity index (χ1v) is 6.73. The highest BCUT2D eigenvalue weighted by Crippen LogP contribution is 2.27. The zero-order valence-electron chi connectivity index (χ0n) is 12.7. The predicted molar refractivity (Wildman–Crippen MR) is 79.7 cm³/mol. The molecule has 0 spiro atoms. The van der Waals surface area contributed by atoms with Crippen LogP contribution < -0.4 is 11.1 Å². The number of hydrogen-bond donors (Lipinski definition) is 2. The van der Waals surface area contributed by atoms with E-state index in [1.54, 1.807) is 0 Å². The van der Waals surface area contributed by atoms with Gasteiger partial charge in [-0.1, -0.05) is 51.1 Å². The van der Waals surface area contributed by atoms with E-state index in [4.69, 9.17) is 5.73 Å². The maximum atomic E-state index is 12.2. The topological polar surface area (TPSA) is 55.1 Å². The molecule has 1 atom stereocenters. The van der Waals surface area contributed by atoms with Gasteiger partial charge in [0.25, 0.3) is 0 Å². The lowest BCUT2D eigenvalue weighted by Crippen LogP contribution is -2.49. The van der Waals surface area contributed by atoms with Crippen LogP contribution in [0.1, 0.15) is 52.6 Å². The van der Waals surface area contributed by atoms with Crippen molar-refractivity contribution in [3.05, 3.63) is 35.9 Å². The molecule has 1 aromatic carbocycles. The van der Waals surface area contributed by atoms with E-state index < -0.39 is 6.04 Å². The van der Waals surface area contributed by atoms with E-state index in [1.165, 1.54) is 0 Å². The number of carbonyl (C=O) groups is 1. The summed E-state index contributed by atoms with van der Waals surface area (Å²) in [6.07, 6.45) is 0.896. The van der Waals surface area contributed by atoms with Crippen LogP contribution in [0, 0.1) is 5.41 Å². The largest absolute Gasteiger partial charge is 0.350 e. The van der Waals surface area contributed by atoms with Crippen LogP contribution in [0.15, 0.2) is 30.3 Å². The van der Waals surface area contributed by atoms with Crippen molar-refractivity contribution in [2.75, 3.05) is 0 Å². The summed E-state index contributed by atoms with van der Waals surface area (Å²) in [6.45, 7) is 10.6. The van der Waals surface area contributed by atoms with Crippen molar-refractivity contribution in [1.82, 2.24) is 5.32 Å². The Bertz CT molecular complexity index is 418. The molecule has 0 aliphatic carbocycles. The molecule has 0 saturated heterocycles. The van der Waals surface area contributed by atoms with Gasteiger partial charge >= 0.3 is 0 Å². The Balaban J connectivity index is 2.69. The summed E-state index contributed by atoms with van der Waals surface area (Å²) in [5, 5.41) is 3.05. The normalized spacial score (nSPS) is 14.0. The molecule has 0 bridgehead atoms. The van der Waals surface area contributed by atoms with Gasteiger partial charge in [-0.15, -0.1) is 0 Å². The van der Waals surface area contributed by atoms with Crippen LogP contribution in [0.5, 0.6) is 0 Å². The summed E-state index contributed by atoms with van der Waals surface area (Å²) in [5.74, 6) is -0.125. The molecule has 1 aromatic rings. The van der Waals surface area contributed by atoms with Crippen molar-refractivity contribution >= 4 is 5.91 Å². The lowest BCUT2D eigenvalue weighted by Gasteiger charge is -2.34. The van der Waals surface area contributed by atoms with Crippen LogP contribution in [0.3, 0.4) is 0 Å². The number of benzene rings is 1. The quantitative estimate of drug-likeness (QED) is 0.876. The van der Waals surface area contributed by atoms with Crippen LogP contribution in [0.2, 0.25) is 0 Å². The second-order valence-electron chi connectivity index (χ2n) is 7.00. The van der Waals surface area contributed by atoms with Gasteiger partial charge < -0.3 is 11.1 Å². The molecule has 0 unspecified atom stereocenters. The molecule has 0 aliphatic heterocycles. The van der Waals surface area contributed by atoms with E-state index in [9.17, 15) is 4.79 Å². The summed E-state index contributed by atoms with van der Waals surface area (Å²) in [7, 11) is 0. The first-order chi connectivity index (χ1) is 8.61. The van der Waals surface area contributed by atoms with Crippen LogP contribution in [-0.2, 0) is 4.79 Å². The molecule has 0 aromatic heterocycles. The molecule has 0 saturated carbocycles. The van der Waals surface area contributed by atoms with Gasteiger partial charge in [0.2, 0.25) is 5.91 Å². The summed E-state index contributed by atoms with van der Waals surface area (Å²) in [5.41, 5.74) is 6.73. The van der Waals surface area contributed by atoms with Crippen LogP contribution in [0.4, 0.5) is 0 Å². The van der Waals surface area contributed by atoms with Crippen LogP contribution in [-0.4, -0.2) is 11.4 Å². The Hall–Kier alpha value is -1.35. The zero-order chi connectivity index (χ0) is 14.7. The highest BCUT2D eigenvalue weighted by Gasteiger charge is 2.29. The van der Waals surface area contributed by atoms with Gasteiger partial charge in [0.1, 0.15) is 6.04 Å². The number of rotatable bonds is 4. The molecule has 3 heteroatoms. The fourth-order valence-electron chi connectivity index (χ4n) is 2.59. The van der Waals surface area contributed by atoms with Crippen molar-refractivity contribution in [1.29, 1.82) is 0 Å². The van der Waals surface area contributed by atoms with E-state index in [2.05, 4.69) is 26.1 Å². The molecule has 3 nitrogen and oxygen atoms in total. The van der Waals surface area contributed by atoms with Gasteiger partial charge in [-0.05, 0) is 31.2 Å². The Morgan fingerprint density at radius 1 is 1.16 bits per heavy atom. The minimum absolute atomic E-state index is 0.125. The van der Waals surface area contributed by atoms with Gasteiger partial charge in [-0.25, -0.2) is 0 Å². The molecule has 1 rings (SSSR count). The van der Waals surface area contributed by atoms with Crippen molar-refractivity contribution < 1.29 is 4.79 Å². The molecule has 1 amide bonds. The van der Waals surface area contributed by atoms with Crippen LogP contribution in [0.25, 0.3) is 0 Å². The second-order valence-corrected chi connectivity index (χ2v) is 7.00. The Morgan fingerprint density at radius 2 is 1.68 bits per heavy atom. The fourth-order valence-corrected chi connectivity index (χ4v) is 2.59. The van der Waals surface area contributed by atoms with E-state index >= 15 is 0 Å². The standard InChI is InChI=1S/C16H26N2O/c1-15(2,3)11-16(4,5)18-14(19)13(17)12-9-7-6-8-10-12/h6-10,13H,11,17H2,1-5H3,(H,18,19)/t13-/m0/s1. The average Bonchev–Trinajstić information content (AvgIpc) is 2.25. The summed E-state index contributed by atoms with van der Waals surface area (Å²) in [6, 6.07) is 8.84. The minimum atomic E-state index is -0.611. The summed E-state index contributed by atoms with van der Waals surface area (Å²) < 4.78 is 0. The number of carbonyl (C=O) groups excluding carboxylic acids is 1. The first-order valence-electron chi connectivity index (χ1n) is 6.73. The van der Waals surface area contributed by atoms with Crippen molar-refractivity contribution in [2.24, 2.45) is 11.1 Å². The third-order valence-corrected chi connectivity index (χ3v) is 2.88. The lowest BCUT2D eigenvalue weighted by atomic mass is 9.81. The van der Waals surface area contributed by atoms with Gasteiger partial charge in [-0.3, -0.25) is 4.79 Å². The van der Waals surface area contributed by atoms with E-state index in [-0.39, 0.29) is 16.9 Å². The molecule has 0 fully saturated rings. The van der Waals surface area contributed by atoms with Gasteiger partial charge in [0, 0.05) is 5.54 Å². The van der Waals surface area contributed by atoms with E-state index in [1.807, 2.05) is 44.2 Å². The fraction of sp³-hybridized carbons (Fsp3) is 0.562. The average molecular weight is 262 g/mol. The maximum Gasteiger partial charge on any atom is 0.241 e. The highest BCUT2D eigenvalue weighted by atomic mass is 16.2. The maximum absolute atomic E-state index is 12.2. The van der Waals surface area contributed by atoms with Crippen LogP contribution >= 0.6 is 0 Å². The molecular weight excluding hydrogens is 236 g/mol.